The molecule has 3 amide bonds. The molecule has 0 aromatic heterocycles. The Morgan fingerprint density at radius 3 is 2.47 bits per heavy atom. The number of benzene rings is 3. The number of hydrogen-bond donors (Lipinski definition) is 2. The Bertz CT molecular complexity index is 1190. The molecule has 2 heterocycles. The zero-order valence-electron chi connectivity index (χ0n) is 16.9. The second kappa shape index (κ2) is 8.07. The zero-order valence-corrected chi connectivity index (χ0v) is 16.9. The standard InChI is InChI=1S/C24H19N3O5/c28-22-14-31-21-11-6-15(12-19(21)26-22)25-20-13-23(29)27(24(20)30)16-7-9-18(10-8-16)32-17-4-2-1-3-5-17/h1-12,20,25H,13-14H2,(H,26,28)/t20-/m0/s1. The molecule has 0 radical (unpaired) electrons. The maximum Gasteiger partial charge on any atom is 0.262 e. The number of fused-ring (bicyclic) bond motifs is 1. The second-order valence-electron chi connectivity index (χ2n) is 7.43. The van der Waals surface area contributed by atoms with Gasteiger partial charge in [0.25, 0.3) is 11.8 Å². The molecular formula is C24H19N3O5. The minimum absolute atomic E-state index is 0.0282. The van der Waals surface area contributed by atoms with Crippen molar-refractivity contribution in [3.63, 3.8) is 0 Å². The maximum atomic E-state index is 13.0. The van der Waals surface area contributed by atoms with E-state index in [4.69, 9.17) is 9.47 Å². The third-order valence-electron chi connectivity index (χ3n) is 5.17. The molecule has 0 saturated carbocycles. The molecule has 0 unspecified atom stereocenters. The van der Waals surface area contributed by atoms with E-state index in [1.807, 2.05) is 30.3 Å². The largest absolute Gasteiger partial charge is 0.482 e. The Morgan fingerprint density at radius 1 is 0.938 bits per heavy atom. The van der Waals surface area contributed by atoms with Gasteiger partial charge in [-0.05, 0) is 54.6 Å². The Kier molecular flexibility index (Phi) is 4.95. The second-order valence-corrected chi connectivity index (χ2v) is 7.43. The van der Waals surface area contributed by atoms with Gasteiger partial charge in [0.1, 0.15) is 23.3 Å². The number of anilines is 3. The molecule has 0 spiro atoms. The average Bonchev–Trinajstić information content (AvgIpc) is 3.07. The number of para-hydroxylation sites is 1. The molecule has 5 rings (SSSR count). The summed E-state index contributed by atoms with van der Waals surface area (Å²) in [5.74, 6) is 0.983. The van der Waals surface area contributed by atoms with Crippen LogP contribution in [0.15, 0.2) is 72.8 Å². The van der Waals surface area contributed by atoms with Crippen LogP contribution in [0.25, 0.3) is 0 Å². The van der Waals surface area contributed by atoms with Crippen LogP contribution in [0.5, 0.6) is 17.2 Å². The van der Waals surface area contributed by atoms with Crippen LogP contribution in [-0.2, 0) is 14.4 Å². The number of amides is 3. The summed E-state index contributed by atoms with van der Waals surface area (Å²) in [7, 11) is 0. The summed E-state index contributed by atoms with van der Waals surface area (Å²) in [4.78, 5) is 38.3. The predicted octanol–water partition coefficient (Wildman–Crippen LogP) is 3.55. The van der Waals surface area contributed by atoms with E-state index in [9.17, 15) is 14.4 Å². The van der Waals surface area contributed by atoms with Gasteiger partial charge in [0.15, 0.2) is 6.61 Å². The lowest BCUT2D eigenvalue weighted by Gasteiger charge is -2.20. The van der Waals surface area contributed by atoms with Crippen molar-refractivity contribution in [3.8, 4) is 17.2 Å². The molecule has 0 aliphatic carbocycles. The summed E-state index contributed by atoms with van der Waals surface area (Å²) in [5, 5.41) is 5.81. The minimum atomic E-state index is -0.707. The van der Waals surface area contributed by atoms with Crippen LogP contribution in [-0.4, -0.2) is 30.4 Å². The molecule has 1 fully saturated rings. The maximum absolute atomic E-state index is 13.0. The van der Waals surface area contributed by atoms with Gasteiger partial charge >= 0.3 is 0 Å². The highest BCUT2D eigenvalue weighted by molar-refractivity contribution is 6.23. The number of nitrogens with one attached hydrogen (secondary N) is 2. The number of hydrogen-bond acceptors (Lipinski definition) is 6. The quantitative estimate of drug-likeness (QED) is 0.602. The number of carbonyl (C=O) groups excluding carboxylic acids is 3. The first-order chi connectivity index (χ1) is 15.6. The lowest BCUT2D eigenvalue weighted by Crippen LogP contribution is -2.34. The molecule has 8 nitrogen and oxygen atoms in total. The highest BCUT2D eigenvalue weighted by Gasteiger charge is 2.39. The Morgan fingerprint density at radius 2 is 1.69 bits per heavy atom. The van der Waals surface area contributed by atoms with E-state index in [0.29, 0.717) is 34.3 Å². The first-order valence-electron chi connectivity index (χ1n) is 10.1. The van der Waals surface area contributed by atoms with Crippen LogP contribution in [0.1, 0.15) is 6.42 Å². The fourth-order valence-corrected chi connectivity index (χ4v) is 3.68. The molecule has 2 aliphatic rings. The van der Waals surface area contributed by atoms with E-state index in [-0.39, 0.29) is 30.7 Å². The zero-order chi connectivity index (χ0) is 22.1. The van der Waals surface area contributed by atoms with Crippen molar-refractivity contribution in [1.82, 2.24) is 0 Å². The van der Waals surface area contributed by atoms with Crippen molar-refractivity contribution >= 4 is 34.8 Å². The number of ether oxygens (including phenoxy) is 2. The molecule has 2 aliphatic heterocycles. The fourth-order valence-electron chi connectivity index (χ4n) is 3.68. The molecule has 1 atom stereocenters. The van der Waals surface area contributed by atoms with Crippen molar-refractivity contribution in [3.05, 3.63) is 72.8 Å². The Labute approximate surface area is 183 Å². The van der Waals surface area contributed by atoms with Gasteiger partial charge in [0, 0.05) is 5.69 Å². The predicted molar refractivity (Wildman–Crippen MR) is 118 cm³/mol. The molecule has 3 aromatic rings. The summed E-state index contributed by atoms with van der Waals surface area (Å²) in [6.45, 7) is -0.0282. The van der Waals surface area contributed by atoms with Crippen LogP contribution >= 0.6 is 0 Å². The van der Waals surface area contributed by atoms with Crippen molar-refractivity contribution in [2.75, 3.05) is 22.1 Å². The number of nitrogens with zero attached hydrogens (tertiary/aromatic N) is 1. The molecule has 1 saturated heterocycles. The average molecular weight is 429 g/mol. The van der Waals surface area contributed by atoms with Gasteiger partial charge < -0.3 is 20.1 Å². The Hall–Kier alpha value is -4.33. The third-order valence-corrected chi connectivity index (χ3v) is 5.17. The molecular weight excluding hydrogens is 410 g/mol. The lowest BCUT2D eigenvalue weighted by molar-refractivity contribution is -0.121. The smallest absolute Gasteiger partial charge is 0.262 e. The van der Waals surface area contributed by atoms with Crippen LogP contribution < -0.4 is 25.0 Å². The van der Waals surface area contributed by atoms with Crippen molar-refractivity contribution in [2.24, 2.45) is 0 Å². The highest BCUT2D eigenvalue weighted by Crippen LogP contribution is 2.32. The van der Waals surface area contributed by atoms with Crippen molar-refractivity contribution < 1.29 is 23.9 Å². The minimum Gasteiger partial charge on any atom is -0.482 e. The normalized spacial score (nSPS) is 17.4. The van der Waals surface area contributed by atoms with Gasteiger partial charge in [-0.2, -0.15) is 0 Å². The van der Waals surface area contributed by atoms with E-state index in [2.05, 4.69) is 10.6 Å². The summed E-state index contributed by atoms with van der Waals surface area (Å²) in [6, 6.07) is 20.6. The van der Waals surface area contributed by atoms with Gasteiger partial charge in [-0.1, -0.05) is 18.2 Å². The molecule has 32 heavy (non-hydrogen) atoms. The molecule has 2 N–H and O–H groups in total. The summed E-state index contributed by atoms with van der Waals surface area (Å²) in [6.07, 6.45) is 0.0288. The van der Waals surface area contributed by atoms with Crippen molar-refractivity contribution in [2.45, 2.75) is 12.5 Å². The van der Waals surface area contributed by atoms with E-state index >= 15 is 0 Å². The Balaban J connectivity index is 1.29. The van der Waals surface area contributed by atoms with Gasteiger partial charge in [-0.15, -0.1) is 0 Å². The first kappa shape index (κ1) is 19.6. The van der Waals surface area contributed by atoms with Crippen molar-refractivity contribution in [1.29, 1.82) is 0 Å². The molecule has 160 valence electrons. The SMILES string of the molecule is O=C1COc2ccc(N[C@H]3CC(=O)N(c4ccc(Oc5ccccc5)cc4)C3=O)cc2N1. The van der Waals surface area contributed by atoms with E-state index in [1.165, 1.54) is 4.90 Å². The molecule has 3 aromatic carbocycles. The summed E-state index contributed by atoms with van der Waals surface area (Å²) in [5.41, 5.74) is 1.61. The molecule has 8 heteroatoms. The number of rotatable bonds is 5. The monoisotopic (exact) mass is 429 g/mol. The fraction of sp³-hybridized carbons (Fsp3) is 0.125. The lowest BCUT2D eigenvalue weighted by atomic mass is 10.2. The van der Waals surface area contributed by atoms with E-state index in [1.54, 1.807) is 42.5 Å². The van der Waals surface area contributed by atoms with E-state index in [0.717, 1.165) is 0 Å². The first-order valence-corrected chi connectivity index (χ1v) is 10.1. The topological polar surface area (TPSA) is 97.0 Å². The van der Waals surface area contributed by atoms with Gasteiger partial charge in [0.05, 0.1) is 17.8 Å². The number of imide groups is 1. The van der Waals surface area contributed by atoms with Gasteiger partial charge in [-0.25, -0.2) is 4.90 Å². The van der Waals surface area contributed by atoms with E-state index < -0.39 is 6.04 Å². The summed E-state index contributed by atoms with van der Waals surface area (Å²) < 4.78 is 11.1. The van der Waals surface area contributed by atoms with Crippen LogP contribution in [0.3, 0.4) is 0 Å². The third kappa shape index (κ3) is 3.85. The van der Waals surface area contributed by atoms with Crippen LogP contribution in [0.2, 0.25) is 0 Å². The van der Waals surface area contributed by atoms with Crippen LogP contribution in [0.4, 0.5) is 17.1 Å². The molecule has 0 bridgehead atoms. The van der Waals surface area contributed by atoms with Gasteiger partial charge in [-0.3, -0.25) is 14.4 Å². The highest BCUT2D eigenvalue weighted by atomic mass is 16.5. The number of carbonyl (C=O) groups is 3. The summed E-state index contributed by atoms with van der Waals surface area (Å²) >= 11 is 0. The van der Waals surface area contributed by atoms with Gasteiger partial charge in [0.2, 0.25) is 5.91 Å². The van der Waals surface area contributed by atoms with Crippen LogP contribution in [0, 0.1) is 0 Å².